The van der Waals surface area contributed by atoms with E-state index in [2.05, 4.69) is 5.32 Å². The maximum atomic E-state index is 12.3. The normalized spacial score (nSPS) is 14.9. The van der Waals surface area contributed by atoms with Crippen LogP contribution in [0.15, 0.2) is 48.5 Å². The third-order valence-corrected chi connectivity index (χ3v) is 4.18. The van der Waals surface area contributed by atoms with Crippen LogP contribution in [0, 0.1) is 10.1 Å². The van der Waals surface area contributed by atoms with E-state index in [4.69, 9.17) is 4.74 Å². The maximum absolute atomic E-state index is 12.3. The van der Waals surface area contributed by atoms with Crippen LogP contribution in [-0.2, 0) is 11.3 Å². The van der Waals surface area contributed by atoms with Crippen LogP contribution in [0.5, 0.6) is 0 Å². The second-order valence-electron chi connectivity index (χ2n) is 6.00. The monoisotopic (exact) mass is 342 g/mol. The largest absolute Gasteiger partial charge is 0.370 e. The fourth-order valence-electron chi connectivity index (χ4n) is 2.80. The zero-order valence-corrected chi connectivity index (χ0v) is 13.7. The molecule has 130 valence electrons. The molecule has 2 aromatic carbocycles. The number of benzene rings is 2. The standard InChI is InChI=1S/C18H19N3O4/c22-18(19-16-2-1-3-17(12-16)21(23)24)15-6-4-14(5-7-15)13-20-8-10-25-11-9-20/h1-7,12H,8-11,13H2,(H,19,22)/p+1. The number of quaternary nitrogens is 1. The first kappa shape index (κ1) is 17.1. The highest BCUT2D eigenvalue weighted by Crippen LogP contribution is 2.18. The van der Waals surface area contributed by atoms with Crippen LogP contribution < -0.4 is 10.2 Å². The van der Waals surface area contributed by atoms with Crippen molar-refractivity contribution < 1.29 is 19.4 Å². The molecule has 0 unspecified atom stereocenters. The molecule has 2 N–H and O–H groups in total. The van der Waals surface area contributed by atoms with Crippen LogP contribution in [0.3, 0.4) is 0 Å². The highest BCUT2D eigenvalue weighted by molar-refractivity contribution is 6.04. The molecule has 3 rings (SSSR count). The van der Waals surface area contributed by atoms with Gasteiger partial charge >= 0.3 is 0 Å². The third kappa shape index (κ3) is 4.62. The minimum Gasteiger partial charge on any atom is -0.370 e. The first-order valence-electron chi connectivity index (χ1n) is 8.18. The summed E-state index contributed by atoms with van der Waals surface area (Å²) in [7, 11) is 0. The Hall–Kier alpha value is -2.77. The molecular formula is C18H20N3O4+. The van der Waals surface area contributed by atoms with Crippen molar-refractivity contribution in [3.63, 3.8) is 0 Å². The first-order valence-corrected chi connectivity index (χ1v) is 8.18. The summed E-state index contributed by atoms with van der Waals surface area (Å²) in [6, 6.07) is 13.4. The Bertz CT molecular complexity index is 755. The van der Waals surface area contributed by atoms with Gasteiger partial charge in [0, 0.05) is 28.9 Å². The molecule has 0 radical (unpaired) electrons. The van der Waals surface area contributed by atoms with Gasteiger partial charge < -0.3 is 15.0 Å². The zero-order chi connectivity index (χ0) is 17.6. The molecule has 7 nitrogen and oxygen atoms in total. The molecule has 0 atom stereocenters. The topological polar surface area (TPSA) is 85.9 Å². The molecule has 1 heterocycles. The van der Waals surface area contributed by atoms with Crippen LogP contribution in [0.2, 0.25) is 0 Å². The first-order chi connectivity index (χ1) is 12.1. The van der Waals surface area contributed by atoms with Gasteiger partial charge in [0.2, 0.25) is 0 Å². The van der Waals surface area contributed by atoms with Gasteiger partial charge in [0.1, 0.15) is 19.6 Å². The molecule has 0 bridgehead atoms. The van der Waals surface area contributed by atoms with Gasteiger partial charge in [-0.15, -0.1) is 0 Å². The Morgan fingerprint density at radius 2 is 1.88 bits per heavy atom. The van der Waals surface area contributed by atoms with Gasteiger partial charge in [-0.3, -0.25) is 14.9 Å². The van der Waals surface area contributed by atoms with Gasteiger partial charge in [0.05, 0.1) is 18.1 Å². The number of carbonyl (C=O) groups is 1. The lowest BCUT2D eigenvalue weighted by Crippen LogP contribution is -3.12. The molecular weight excluding hydrogens is 322 g/mol. The van der Waals surface area contributed by atoms with Gasteiger partial charge in [0.25, 0.3) is 11.6 Å². The van der Waals surface area contributed by atoms with E-state index < -0.39 is 4.92 Å². The summed E-state index contributed by atoms with van der Waals surface area (Å²) in [4.78, 5) is 24.1. The number of nitro groups is 1. The van der Waals surface area contributed by atoms with E-state index >= 15 is 0 Å². The van der Waals surface area contributed by atoms with Crippen molar-refractivity contribution in [3.8, 4) is 0 Å². The molecule has 1 amide bonds. The Morgan fingerprint density at radius 3 is 2.56 bits per heavy atom. The van der Waals surface area contributed by atoms with Gasteiger partial charge in [-0.05, 0) is 18.2 Å². The summed E-state index contributed by atoms with van der Waals surface area (Å²) in [6.07, 6.45) is 0. The van der Waals surface area contributed by atoms with Gasteiger partial charge in [-0.2, -0.15) is 0 Å². The number of non-ortho nitro benzene ring substituents is 1. The number of carbonyl (C=O) groups excluding carboxylic acids is 1. The van der Waals surface area contributed by atoms with Crippen LogP contribution in [0.1, 0.15) is 15.9 Å². The summed E-state index contributed by atoms with van der Waals surface area (Å²) in [5.41, 5.74) is 2.04. The number of hydrogen-bond donors (Lipinski definition) is 2. The minimum absolute atomic E-state index is 0.0540. The van der Waals surface area contributed by atoms with Crippen molar-refractivity contribution in [2.24, 2.45) is 0 Å². The number of nitro benzene ring substituents is 1. The highest BCUT2D eigenvalue weighted by Gasteiger charge is 2.15. The molecule has 2 aromatic rings. The lowest BCUT2D eigenvalue weighted by atomic mass is 10.1. The predicted molar refractivity (Wildman–Crippen MR) is 92.7 cm³/mol. The smallest absolute Gasteiger partial charge is 0.271 e. The molecule has 1 fully saturated rings. The van der Waals surface area contributed by atoms with Crippen LogP contribution >= 0.6 is 0 Å². The lowest BCUT2D eigenvalue weighted by molar-refractivity contribution is -0.921. The SMILES string of the molecule is O=C(Nc1cccc([N+](=O)[O-])c1)c1ccc(C[NH+]2CCOCC2)cc1. The van der Waals surface area contributed by atoms with Crippen molar-refractivity contribution in [1.82, 2.24) is 0 Å². The third-order valence-electron chi connectivity index (χ3n) is 4.18. The molecule has 1 saturated heterocycles. The van der Waals surface area contributed by atoms with E-state index in [1.54, 1.807) is 24.3 Å². The lowest BCUT2D eigenvalue weighted by Gasteiger charge is -2.23. The number of nitrogens with zero attached hydrogens (tertiary/aromatic N) is 1. The summed E-state index contributed by atoms with van der Waals surface area (Å²) in [5, 5.41) is 13.5. The van der Waals surface area contributed by atoms with E-state index in [1.165, 1.54) is 22.6 Å². The number of anilines is 1. The number of ether oxygens (including phenoxy) is 1. The van der Waals surface area contributed by atoms with Gasteiger partial charge in [-0.1, -0.05) is 18.2 Å². The van der Waals surface area contributed by atoms with E-state index in [0.29, 0.717) is 11.3 Å². The number of amides is 1. The number of morpholine rings is 1. The number of nitrogens with one attached hydrogen (secondary N) is 2. The second kappa shape index (κ2) is 7.87. The van der Waals surface area contributed by atoms with E-state index in [0.717, 1.165) is 32.8 Å². The van der Waals surface area contributed by atoms with Gasteiger partial charge in [-0.25, -0.2) is 0 Å². The molecule has 0 aliphatic carbocycles. The van der Waals surface area contributed by atoms with Crippen LogP contribution in [-0.4, -0.2) is 37.1 Å². The second-order valence-corrected chi connectivity index (χ2v) is 6.00. The molecule has 25 heavy (non-hydrogen) atoms. The molecule has 1 aliphatic rings. The Morgan fingerprint density at radius 1 is 1.16 bits per heavy atom. The van der Waals surface area contributed by atoms with Gasteiger partial charge in [0.15, 0.2) is 0 Å². The Balaban J connectivity index is 1.62. The quantitative estimate of drug-likeness (QED) is 0.633. The minimum atomic E-state index is -0.488. The number of rotatable bonds is 5. The molecule has 7 heteroatoms. The maximum Gasteiger partial charge on any atom is 0.271 e. The van der Waals surface area contributed by atoms with Crippen molar-refractivity contribution >= 4 is 17.3 Å². The average Bonchev–Trinajstić information content (AvgIpc) is 2.63. The number of hydrogen-bond acceptors (Lipinski definition) is 4. The molecule has 0 aromatic heterocycles. The Kier molecular flexibility index (Phi) is 5.37. The molecule has 0 spiro atoms. The van der Waals surface area contributed by atoms with E-state index in [9.17, 15) is 14.9 Å². The fraction of sp³-hybridized carbons (Fsp3) is 0.278. The summed E-state index contributed by atoms with van der Waals surface area (Å²) in [5.74, 6) is -0.286. The summed E-state index contributed by atoms with van der Waals surface area (Å²) >= 11 is 0. The van der Waals surface area contributed by atoms with Crippen LogP contribution in [0.4, 0.5) is 11.4 Å². The molecule has 0 saturated carbocycles. The van der Waals surface area contributed by atoms with Crippen molar-refractivity contribution in [2.75, 3.05) is 31.6 Å². The van der Waals surface area contributed by atoms with Crippen molar-refractivity contribution in [2.45, 2.75) is 6.54 Å². The predicted octanol–water partition coefficient (Wildman–Crippen LogP) is 1.26. The van der Waals surface area contributed by atoms with Crippen molar-refractivity contribution in [3.05, 3.63) is 69.8 Å². The summed E-state index contributed by atoms with van der Waals surface area (Å²) < 4.78 is 5.35. The van der Waals surface area contributed by atoms with Crippen molar-refractivity contribution in [1.29, 1.82) is 0 Å². The molecule has 1 aliphatic heterocycles. The fourth-order valence-corrected chi connectivity index (χ4v) is 2.80. The van der Waals surface area contributed by atoms with E-state index in [1.807, 2.05) is 12.1 Å². The Labute approximate surface area is 145 Å². The van der Waals surface area contributed by atoms with E-state index in [-0.39, 0.29) is 11.6 Å². The zero-order valence-electron chi connectivity index (χ0n) is 13.7. The summed E-state index contributed by atoms with van der Waals surface area (Å²) in [6.45, 7) is 4.48. The highest BCUT2D eigenvalue weighted by atomic mass is 16.6. The average molecular weight is 342 g/mol. The van der Waals surface area contributed by atoms with Crippen LogP contribution in [0.25, 0.3) is 0 Å².